The van der Waals surface area contributed by atoms with Gasteiger partial charge in [-0.05, 0) is 30.1 Å². The second-order valence-electron chi connectivity index (χ2n) is 8.31. The lowest BCUT2D eigenvalue weighted by molar-refractivity contribution is 0.0783. The van der Waals surface area contributed by atoms with Gasteiger partial charge in [0, 0.05) is 0 Å². The molecule has 1 aliphatic rings. The number of aliphatic hydroxyl groups is 1. The molecule has 0 aromatic heterocycles. The highest BCUT2D eigenvalue weighted by molar-refractivity contribution is 6.74. The molecule has 1 amide bonds. The summed E-state index contributed by atoms with van der Waals surface area (Å²) in [5.41, 5.74) is 0.949. The molecular weight excluding hydrogens is 334 g/mol. The van der Waals surface area contributed by atoms with Crippen molar-refractivity contribution in [3.05, 3.63) is 35.9 Å². The average Bonchev–Trinajstić information content (AvgIpc) is 2.92. The van der Waals surface area contributed by atoms with Crippen LogP contribution in [0.4, 0.5) is 4.79 Å². The number of likely N-dealkylation sites (tertiary alicyclic amines) is 1. The van der Waals surface area contributed by atoms with Crippen LogP contribution < -0.4 is 0 Å². The first-order valence-corrected chi connectivity index (χ1v) is 11.8. The van der Waals surface area contributed by atoms with E-state index in [-0.39, 0.29) is 23.8 Å². The van der Waals surface area contributed by atoms with Crippen LogP contribution in [0.5, 0.6) is 0 Å². The average molecular weight is 366 g/mol. The van der Waals surface area contributed by atoms with Gasteiger partial charge < -0.3 is 19.2 Å². The molecule has 0 spiro atoms. The van der Waals surface area contributed by atoms with Crippen LogP contribution >= 0.6 is 0 Å². The van der Waals surface area contributed by atoms with E-state index in [1.54, 1.807) is 4.90 Å². The molecular formula is C19H31NO4Si. The highest BCUT2D eigenvalue weighted by atomic mass is 28.4. The quantitative estimate of drug-likeness (QED) is 0.807. The minimum absolute atomic E-state index is 0.114. The van der Waals surface area contributed by atoms with Gasteiger partial charge in [-0.1, -0.05) is 51.1 Å². The Balaban J connectivity index is 1.93. The predicted molar refractivity (Wildman–Crippen MR) is 101 cm³/mol. The van der Waals surface area contributed by atoms with Gasteiger partial charge >= 0.3 is 6.09 Å². The van der Waals surface area contributed by atoms with E-state index >= 15 is 0 Å². The van der Waals surface area contributed by atoms with Crippen LogP contribution in [0.15, 0.2) is 30.3 Å². The maximum Gasteiger partial charge on any atom is 0.410 e. The van der Waals surface area contributed by atoms with E-state index in [0.29, 0.717) is 19.6 Å². The summed E-state index contributed by atoms with van der Waals surface area (Å²) >= 11 is 0. The number of rotatable bonds is 5. The van der Waals surface area contributed by atoms with Crippen LogP contribution in [0.1, 0.15) is 32.8 Å². The molecule has 2 atom stereocenters. The summed E-state index contributed by atoms with van der Waals surface area (Å²) in [6.45, 7) is 11.9. The van der Waals surface area contributed by atoms with Gasteiger partial charge in [0.05, 0.1) is 25.3 Å². The topological polar surface area (TPSA) is 59.0 Å². The fraction of sp³-hybridized carbons (Fsp3) is 0.632. The van der Waals surface area contributed by atoms with E-state index < -0.39 is 14.4 Å². The van der Waals surface area contributed by atoms with Crippen molar-refractivity contribution in [2.24, 2.45) is 0 Å². The van der Waals surface area contributed by atoms with Crippen LogP contribution in [0.25, 0.3) is 0 Å². The highest BCUT2D eigenvalue weighted by Crippen LogP contribution is 2.37. The normalized spacial score (nSPS) is 21.4. The fourth-order valence-electron chi connectivity index (χ4n) is 2.60. The lowest BCUT2D eigenvalue weighted by Gasteiger charge is -2.37. The van der Waals surface area contributed by atoms with Gasteiger partial charge in [-0.25, -0.2) is 4.79 Å². The SMILES string of the molecule is CC(C)(C)[Si](C)(C)OCC1C[C@@H](O)CN1C(=O)OCc1ccccc1. The van der Waals surface area contributed by atoms with E-state index in [4.69, 9.17) is 9.16 Å². The Kier molecular flexibility index (Phi) is 6.29. The minimum atomic E-state index is -1.89. The molecule has 1 aromatic rings. The molecule has 1 aliphatic heterocycles. The van der Waals surface area contributed by atoms with Gasteiger partial charge in [0.25, 0.3) is 0 Å². The number of β-amino-alcohol motifs (C(OH)–C–C–N with tert-alkyl or cyclic N) is 1. The number of nitrogens with zero attached hydrogens (tertiary/aromatic N) is 1. The zero-order chi connectivity index (χ0) is 18.7. The van der Waals surface area contributed by atoms with Crippen LogP contribution in [-0.4, -0.2) is 49.7 Å². The van der Waals surface area contributed by atoms with Crippen LogP contribution in [-0.2, 0) is 15.8 Å². The molecule has 5 nitrogen and oxygen atoms in total. The Morgan fingerprint density at radius 2 is 1.92 bits per heavy atom. The Morgan fingerprint density at radius 1 is 1.28 bits per heavy atom. The summed E-state index contributed by atoms with van der Waals surface area (Å²) in [7, 11) is -1.89. The van der Waals surface area contributed by atoms with Crippen LogP contribution in [0.2, 0.25) is 18.1 Å². The molecule has 0 bridgehead atoms. The van der Waals surface area contributed by atoms with Crippen LogP contribution in [0.3, 0.4) is 0 Å². The van der Waals surface area contributed by atoms with Crippen molar-refractivity contribution >= 4 is 14.4 Å². The maximum atomic E-state index is 12.4. The molecule has 1 heterocycles. The fourth-order valence-corrected chi connectivity index (χ4v) is 3.64. The molecule has 1 saturated heterocycles. The molecule has 1 aromatic carbocycles. The van der Waals surface area contributed by atoms with Crippen molar-refractivity contribution in [2.45, 2.75) is 64.1 Å². The third-order valence-corrected chi connectivity index (χ3v) is 9.78. The Hall–Kier alpha value is -1.37. The number of aliphatic hydroxyl groups excluding tert-OH is 1. The molecule has 0 radical (unpaired) electrons. The van der Waals surface area contributed by atoms with Crippen molar-refractivity contribution in [1.82, 2.24) is 4.90 Å². The number of hydrogen-bond acceptors (Lipinski definition) is 4. The molecule has 25 heavy (non-hydrogen) atoms. The Morgan fingerprint density at radius 3 is 2.52 bits per heavy atom. The lowest BCUT2D eigenvalue weighted by atomic mass is 10.2. The first-order valence-electron chi connectivity index (χ1n) is 8.89. The largest absolute Gasteiger partial charge is 0.445 e. The Labute approximate surface area is 152 Å². The summed E-state index contributed by atoms with van der Waals surface area (Å²) in [5, 5.41) is 10.1. The standard InChI is InChI=1S/C19H31NO4Si/c1-19(2,3)25(4,5)24-14-16-11-17(21)12-20(16)18(22)23-13-15-9-7-6-8-10-15/h6-10,16-17,21H,11-14H2,1-5H3/t16?,17-/m1/s1. The van der Waals surface area contributed by atoms with Crippen molar-refractivity contribution in [1.29, 1.82) is 0 Å². The molecule has 1 unspecified atom stereocenters. The van der Waals surface area contributed by atoms with E-state index in [1.165, 1.54) is 0 Å². The zero-order valence-corrected chi connectivity index (χ0v) is 17.0. The molecule has 140 valence electrons. The summed E-state index contributed by atoms with van der Waals surface area (Å²) in [6.07, 6.45) is -0.365. The Bertz CT molecular complexity index is 571. The first kappa shape index (κ1) is 19.9. The highest BCUT2D eigenvalue weighted by Gasteiger charge is 2.41. The lowest BCUT2D eigenvalue weighted by Crippen LogP contribution is -2.46. The molecule has 0 saturated carbocycles. The second kappa shape index (κ2) is 7.89. The van der Waals surface area contributed by atoms with Crippen molar-refractivity contribution in [2.75, 3.05) is 13.2 Å². The van der Waals surface area contributed by atoms with Crippen molar-refractivity contribution < 1.29 is 19.1 Å². The van der Waals surface area contributed by atoms with Gasteiger partial charge in [-0.2, -0.15) is 0 Å². The zero-order valence-electron chi connectivity index (χ0n) is 16.0. The van der Waals surface area contributed by atoms with E-state index in [2.05, 4.69) is 33.9 Å². The molecule has 1 fully saturated rings. The number of ether oxygens (including phenoxy) is 1. The number of benzene rings is 1. The van der Waals surface area contributed by atoms with E-state index in [1.807, 2.05) is 30.3 Å². The first-order chi connectivity index (χ1) is 11.6. The summed E-state index contributed by atoms with van der Waals surface area (Å²) in [6, 6.07) is 9.47. The van der Waals surface area contributed by atoms with Crippen LogP contribution in [0, 0.1) is 0 Å². The molecule has 2 rings (SSSR count). The van der Waals surface area contributed by atoms with Gasteiger partial charge in [-0.3, -0.25) is 0 Å². The molecule has 6 heteroatoms. The molecule has 1 N–H and O–H groups in total. The molecule has 0 aliphatic carbocycles. The number of amides is 1. The summed E-state index contributed by atoms with van der Waals surface area (Å²) < 4.78 is 11.7. The number of hydrogen-bond donors (Lipinski definition) is 1. The number of carbonyl (C=O) groups excluding carboxylic acids is 1. The second-order valence-corrected chi connectivity index (χ2v) is 13.1. The van der Waals surface area contributed by atoms with Crippen molar-refractivity contribution in [3.63, 3.8) is 0 Å². The summed E-state index contributed by atoms with van der Waals surface area (Å²) in [5.74, 6) is 0. The van der Waals surface area contributed by atoms with Gasteiger partial charge in [0.15, 0.2) is 8.32 Å². The summed E-state index contributed by atoms with van der Waals surface area (Å²) in [4.78, 5) is 14.1. The third kappa shape index (κ3) is 5.30. The van der Waals surface area contributed by atoms with Gasteiger partial charge in [0.1, 0.15) is 6.61 Å². The van der Waals surface area contributed by atoms with E-state index in [9.17, 15) is 9.90 Å². The predicted octanol–water partition coefficient (Wildman–Crippen LogP) is 3.78. The van der Waals surface area contributed by atoms with E-state index in [0.717, 1.165) is 5.56 Å². The van der Waals surface area contributed by atoms with Gasteiger partial charge in [0.2, 0.25) is 0 Å². The van der Waals surface area contributed by atoms with Crippen molar-refractivity contribution in [3.8, 4) is 0 Å². The maximum absolute atomic E-state index is 12.4. The minimum Gasteiger partial charge on any atom is -0.445 e. The third-order valence-electron chi connectivity index (χ3n) is 5.27. The smallest absolute Gasteiger partial charge is 0.410 e. The number of carbonyl (C=O) groups is 1. The van der Waals surface area contributed by atoms with Gasteiger partial charge in [-0.15, -0.1) is 0 Å². The monoisotopic (exact) mass is 365 g/mol.